The lowest BCUT2D eigenvalue weighted by molar-refractivity contribution is -0.121. The van der Waals surface area contributed by atoms with E-state index in [1.54, 1.807) is 12.3 Å². The van der Waals surface area contributed by atoms with Gasteiger partial charge in [0, 0.05) is 5.02 Å². The zero-order chi connectivity index (χ0) is 20.8. The maximum atomic E-state index is 12.3. The minimum atomic E-state index is -0.445. The summed E-state index contributed by atoms with van der Waals surface area (Å²) in [4.78, 5) is 32.2. The van der Waals surface area contributed by atoms with Gasteiger partial charge in [0.05, 0.1) is 35.1 Å². The third-order valence-corrected chi connectivity index (χ3v) is 4.89. The highest BCUT2D eigenvalue weighted by Gasteiger charge is 2.18. The van der Waals surface area contributed by atoms with Gasteiger partial charge in [-0.3, -0.25) is 9.59 Å². The molecule has 0 bridgehead atoms. The van der Waals surface area contributed by atoms with Gasteiger partial charge in [-0.25, -0.2) is 4.98 Å². The number of H-pyrrole nitrogens is 1. The Morgan fingerprint density at radius 1 is 1.14 bits per heavy atom. The van der Waals surface area contributed by atoms with Crippen molar-refractivity contribution in [3.8, 4) is 11.3 Å². The first kappa shape index (κ1) is 20.9. The van der Waals surface area contributed by atoms with Crippen molar-refractivity contribution >= 4 is 35.0 Å². The van der Waals surface area contributed by atoms with Crippen molar-refractivity contribution in [1.29, 1.82) is 0 Å². The van der Waals surface area contributed by atoms with Gasteiger partial charge in [-0.1, -0.05) is 60.5 Å². The molecule has 0 saturated carbocycles. The van der Waals surface area contributed by atoms with Crippen LogP contribution in [-0.4, -0.2) is 28.3 Å². The summed E-state index contributed by atoms with van der Waals surface area (Å²) in [6.07, 6.45) is 2.38. The number of imidazole rings is 1. The zero-order valence-electron chi connectivity index (χ0n) is 15.7. The summed E-state index contributed by atoms with van der Waals surface area (Å²) in [5.41, 5.74) is 2.15. The fourth-order valence-electron chi connectivity index (χ4n) is 2.82. The molecule has 3 rings (SSSR count). The Kier molecular flexibility index (Phi) is 6.90. The number of nitrogens with zero attached hydrogens (tertiary/aromatic N) is 1. The zero-order valence-corrected chi connectivity index (χ0v) is 17.2. The second-order valence-electron chi connectivity index (χ2n) is 6.38. The standard InChI is InChI=1S/C21H20Cl2N4O2/c1-2-17(20-24-11-18(27-20)13-6-4-3-5-7-13)26-19(28)12-25-21(29)15-9-8-14(22)10-16(15)23/h3-11,17H,2,12H2,1H3,(H,24,27)(H,25,29)(H,26,28). The first-order chi connectivity index (χ1) is 14.0. The lowest BCUT2D eigenvalue weighted by Gasteiger charge is -2.15. The van der Waals surface area contributed by atoms with Crippen LogP contribution in [0.25, 0.3) is 11.3 Å². The summed E-state index contributed by atoms with van der Waals surface area (Å²) in [7, 11) is 0. The molecule has 0 aliphatic carbocycles. The number of rotatable bonds is 7. The van der Waals surface area contributed by atoms with Gasteiger partial charge in [0.25, 0.3) is 5.91 Å². The Labute approximate surface area is 178 Å². The van der Waals surface area contributed by atoms with Gasteiger partial charge in [0.15, 0.2) is 0 Å². The quantitative estimate of drug-likeness (QED) is 0.519. The molecule has 0 saturated heterocycles. The number of benzene rings is 2. The van der Waals surface area contributed by atoms with Crippen molar-refractivity contribution in [3.63, 3.8) is 0 Å². The summed E-state index contributed by atoms with van der Waals surface area (Å²) in [6, 6.07) is 14.1. The van der Waals surface area contributed by atoms with Crippen LogP contribution in [0.5, 0.6) is 0 Å². The SMILES string of the molecule is CCC(NC(=O)CNC(=O)c1ccc(Cl)cc1Cl)c1ncc(-c2ccccc2)[nH]1. The largest absolute Gasteiger partial charge is 0.345 e. The summed E-state index contributed by atoms with van der Waals surface area (Å²) in [5, 5.41) is 6.10. The van der Waals surface area contributed by atoms with Crippen molar-refractivity contribution in [3.05, 3.63) is 76.2 Å². The fraction of sp³-hybridized carbons (Fsp3) is 0.190. The molecule has 1 atom stereocenters. The molecule has 0 fully saturated rings. The molecule has 2 aromatic carbocycles. The van der Waals surface area contributed by atoms with Gasteiger partial charge in [-0.2, -0.15) is 0 Å². The van der Waals surface area contributed by atoms with E-state index in [-0.39, 0.29) is 29.1 Å². The van der Waals surface area contributed by atoms with Crippen LogP contribution >= 0.6 is 23.2 Å². The van der Waals surface area contributed by atoms with Crippen molar-refractivity contribution in [1.82, 2.24) is 20.6 Å². The van der Waals surface area contributed by atoms with Crippen LogP contribution in [0.4, 0.5) is 0 Å². The number of carbonyl (C=O) groups excluding carboxylic acids is 2. The molecule has 0 aliphatic heterocycles. The molecule has 3 N–H and O–H groups in total. The van der Waals surface area contributed by atoms with E-state index in [4.69, 9.17) is 23.2 Å². The molecule has 1 aromatic heterocycles. The summed E-state index contributed by atoms with van der Waals surface area (Å²) in [5.74, 6) is -0.112. The van der Waals surface area contributed by atoms with Gasteiger partial charge in [0.1, 0.15) is 5.82 Å². The molecule has 0 aliphatic rings. The number of hydrogen-bond donors (Lipinski definition) is 3. The fourth-order valence-corrected chi connectivity index (χ4v) is 3.31. The Morgan fingerprint density at radius 3 is 2.59 bits per heavy atom. The average molecular weight is 431 g/mol. The maximum Gasteiger partial charge on any atom is 0.253 e. The van der Waals surface area contributed by atoms with Crippen LogP contribution in [0.15, 0.2) is 54.7 Å². The van der Waals surface area contributed by atoms with E-state index in [1.807, 2.05) is 37.3 Å². The van der Waals surface area contributed by atoms with Crippen LogP contribution in [0.1, 0.15) is 35.6 Å². The van der Waals surface area contributed by atoms with E-state index in [0.29, 0.717) is 17.3 Å². The molecular weight excluding hydrogens is 411 g/mol. The average Bonchev–Trinajstić information content (AvgIpc) is 3.21. The third kappa shape index (κ3) is 5.37. The van der Waals surface area contributed by atoms with Crippen LogP contribution in [0.3, 0.4) is 0 Å². The molecule has 1 unspecified atom stereocenters. The van der Waals surface area contributed by atoms with Gasteiger partial charge < -0.3 is 15.6 Å². The third-order valence-electron chi connectivity index (χ3n) is 4.34. The molecular formula is C21H20Cl2N4O2. The Balaban J connectivity index is 1.59. The van der Waals surface area contributed by atoms with Gasteiger partial charge in [-0.05, 0) is 30.2 Å². The number of halogens is 2. The van der Waals surface area contributed by atoms with E-state index in [1.165, 1.54) is 12.1 Å². The normalized spacial score (nSPS) is 11.7. The van der Waals surface area contributed by atoms with Crippen LogP contribution in [0.2, 0.25) is 10.0 Å². The van der Waals surface area contributed by atoms with Crippen molar-refractivity contribution < 1.29 is 9.59 Å². The molecule has 2 amide bonds. The van der Waals surface area contributed by atoms with E-state index in [2.05, 4.69) is 20.6 Å². The Hall–Kier alpha value is -2.83. The lowest BCUT2D eigenvalue weighted by atomic mass is 10.2. The number of aromatic amines is 1. The summed E-state index contributed by atoms with van der Waals surface area (Å²) < 4.78 is 0. The Bertz CT molecular complexity index is 1000. The molecule has 0 radical (unpaired) electrons. The van der Waals surface area contributed by atoms with Gasteiger partial charge in [-0.15, -0.1) is 0 Å². The van der Waals surface area contributed by atoms with E-state index < -0.39 is 5.91 Å². The highest BCUT2D eigenvalue weighted by atomic mass is 35.5. The molecule has 0 spiro atoms. The molecule has 150 valence electrons. The number of carbonyl (C=O) groups is 2. The van der Waals surface area contributed by atoms with E-state index in [9.17, 15) is 9.59 Å². The van der Waals surface area contributed by atoms with Crippen LogP contribution in [0, 0.1) is 0 Å². The van der Waals surface area contributed by atoms with E-state index >= 15 is 0 Å². The first-order valence-corrected chi connectivity index (χ1v) is 9.86. The lowest BCUT2D eigenvalue weighted by Crippen LogP contribution is -2.38. The number of amides is 2. The van der Waals surface area contributed by atoms with Crippen molar-refractivity contribution in [2.24, 2.45) is 0 Å². The minimum absolute atomic E-state index is 0.180. The molecule has 1 heterocycles. The number of nitrogens with one attached hydrogen (secondary N) is 3. The highest BCUT2D eigenvalue weighted by molar-refractivity contribution is 6.36. The summed E-state index contributed by atoms with van der Waals surface area (Å²) in [6.45, 7) is 1.77. The molecule has 8 heteroatoms. The second-order valence-corrected chi connectivity index (χ2v) is 7.23. The molecule has 6 nitrogen and oxygen atoms in total. The first-order valence-electron chi connectivity index (χ1n) is 9.11. The van der Waals surface area contributed by atoms with Crippen LogP contribution in [-0.2, 0) is 4.79 Å². The Morgan fingerprint density at radius 2 is 1.90 bits per heavy atom. The second kappa shape index (κ2) is 9.58. The topological polar surface area (TPSA) is 86.9 Å². The van der Waals surface area contributed by atoms with Gasteiger partial charge in [0.2, 0.25) is 5.91 Å². The monoisotopic (exact) mass is 430 g/mol. The maximum absolute atomic E-state index is 12.3. The van der Waals surface area contributed by atoms with Gasteiger partial charge >= 0.3 is 0 Å². The predicted octanol–water partition coefficient (Wildman–Crippen LogP) is 4.38. The smallest absolute Gasteiger partial charge is 0.253 e. The van der Waals surface area contributed by atoms with E-state index in [0.717, 1.165) is 11.3 Å². The van der Waals surface area contributed by atoms with Crippen LogP contribution < -0.4 is 10.6 Å². The van der Waals surface area contributed by atoms with Crippen molar-refractivity contribution in [2.75, 3.05) is 6.54 Å². The molecule has 29 heavy (non-hydrogen) atoms. The molecule has 3 aromatic rings. The predicted molar refractivity (Wildman–Crippen MR) is 114 cm³/mol. The highest BCUT2D eigenvalue weighted by Crippen LogP contribution is 2.21. The number of hydrogen-bond acceptors (Lipinski definition) is 3. The van der Waals surface area contributed by atoms with Crippen molar-refractivity contribution in [2.45, 2.75) is 19.4 Å². The minimum Gasteiger partial charge on any atom is -0.345 e. The number of aromatic nitrogens is 2. The summed E-state index contributed by atoms with van der Waals surface area (Å²) >= 11 is 11.9.